The first-order chi connectivity index (χ1) is 10.2. The zero-order valence-electron chi connectivity index (χ0n) is 12.8. The third-order valence-corrected chi connectivity index (χ3v) is 5.21. The lowest BCUT2D eigenvalue weighted by Gasteiger charge is -2.09. The average Bonchev–Trinajstić information content (AvgIpc) is 3.02. The molecule has 2 N–H and O–H groups in total. The molecule has 0 fully saturated rings. The van der Waals surface area contributed by atoms with Gasteiger partial charge in [-0.15, -0.1) is 11.3 Å². The smallest absolute Gasteiger partial charge is 0.194 e. The summed E-state index contributed by atoms with van der Waals surface area (Å²) >= 11 is 1.79. The minimum Gasteiger partial charge on any atom is -0.330 e. The molecule has 0 spiro atoms. The molecule has 110 valence electrons. The topological polar surface area (TPSA) is 43.3 Å². The average molecular weight is 299 g/mol. The number of hydrogen-bond acceptors (Lipinski definition) is 3. The number of rotatable bonds is 4. The van der Waals surface area contributed by atoms with Crippen LogP contribution in [0.2, 0.25) is 0 Å². The van der Waals surface area contributed by atoms with Crippen LogP contribution in [0, 0.1) is 13.8 Å². The van der Waals surface area contributed by atoms with Gasteiger partial charge in [0.2, 0.25) is 0 Å². The van der Waals surface area contributed by atoms with E-state index in [9.17, 15) is 0 Å². The van der Waals surface area contributed by atoms with E-state index in [1.807, 2.05) is 6.20 Å². The van der Waals surface area contributed by atoms with E-state index in [-0.39, 0.29) is 0 Å². The first kappa shape index (κ1) is 14.3. The Labute approximate surface area is 129 Å². The maximum absolute atomic E-state index is 5.75. The highest BCUT2D eigenvalue weighted by atomic mass is 32.1. The quantitative estimate of drug-likeness (QED) is 0.797. The number of fused-ring (bicyclic) bond motifs is 1. The Bertz CT molecular complexity index is 783. The molecule has 1 aromatic carbocycles. The molecule has 3 aromatic rings. The predicted octanol–water partition coefficient (Wildman–Crippen LogP) is 3.74. The van der Waals surface area contributed by atoms with E-state index >= 15 is 0 Å². The van der Waals surface area contributed by atoms with E-state index in [1.165, 1.54) is 33.0 Å². The highest BCUT2D eigenvalue weighted by Crippen LogP contribution is 2.34. The fraction of sp³-hybridized carbons (Fsp3) is 0.353. The van der Waals surface area contributed by atoms with Gasteiger partial charge in [-0.2, -0.15) is 0 Å². The van der Waals surface area contributed by atoms with Crippen molar-refractivity contribution in [1.29, 1.82) is 0 Å². The number of nitrogens with zero attached hydrogens (tertiary/aromatic N) is 2. The molecule has 0 radical (unpaired) electrons. The fourth-order valence-corrected chi connectivity index (χ4v) is 3.78. The lowest BCUT2D eigenvalue weighted by molar-refractivity contribution is 0.909. The molecule has 0 saturated carbocycles. The zero-order chi connectivity index (χ0) is 15.0. The monoisotopic (exact) mass is 299 g/mol. The second-order valence-electron chi connectivity index (χ2n) is 5.43. The summed E-state index contributed by atoms with van der Waals surface area (Å²) in [5.41, 5.74) is 12.2. The summed E-state index contributed by atoms with van der Waals surface area (Å²) in [5.74, 6) is 0. The van der Waals surface area contributed by atoms with Gasteiger partial charge in [0.15, 0.2) is 4.96 Å². The summed E-state index contributed by atoms with van der Waals surface area (Å²) in [6.45, 7) is 7.18. The SMILES string of the molecule is CCc1sc2ncc(CCN)n2c1-c1ccc(C)c(C)c1. The van der Waals surface area contributed by atoms with Crippen LogP contribution in [0.1, 0.15) is 28.6 Å². The van der Waals surface area contributed by atoms with Crippen LogP contribution >= 0.6 is 11.3 Å². The molecule has 3 nitrogen and oxygen atoms in total. The van der Waals surface area contributed by atoms with Crippen molar-refractivity contribution in [3.63, 3.8) is 0 Å². The molecule has 0 bridgehead atoms. The molecular formula is C17H21N3S. The largest absolute Gasteiger partial charge is 0.330 e. The van der Waals surface area contributed by atoms with E-state index < -0.39 is 0 Å². The number of aromatic nitrogens is 2. The summed E-state index contributed by atoms with van der Waals surface area (Å²) in [6.07, 6.45) is 3.85. The summed E-state index contributed by atoms with van der Waals surface area (Å²) in [7, 11) is 0. The van der Waals surface area contributed by atoms with E-state index in [0.29, 0.717) is 6.54 Å². The molecule has 0 atom stereocenters. The third kappa shape index (κ3) is 2.39. The van der Waals surface area contributed by atoms with Gasteiger partial charge >= 0.3 is 0 Å². The van der Waals surface area contributed by atoms with Crippen molar-refractivity contribution >= 4 is 16.3 Å². The van der Waals surface area contributed by atoms with Crippen molar-refractivity contribution < 1.29 is 0 Å². The van der Waals surface area contributed by atoms with Crippen LogP contribution in [-0.4, -0.2) is 15.9 Å². The number of imidazole rings is 1. The second kappa shape index (κ2) is 5.62. The normalized spacial score (nSPS) is 11.4. The van der Waals surface area contributed by atoms with Crippen molar-refractivity contribution in [2.75, 3.05) is 6.54 Å². The highest BCUT2D eigenvalue weighted by molar-refractivity contribution is 7.17. The maximum atomic E-state index is 5.75. The predicted molar refractivity (Wildman–Crippen MR) is 90.1 cm³/mol. The van der Waals surface area contributed by atoms with Gasteiger partial charge in [-0.3, -0.25) is 4.40 Å². The van der Waals surface area contributed by atoms with E-state index in [2.05, 4.69) is 48.4 Å². The number of benzene rings is 1. The van der Waals surface area contributed by atoms with Crippen LogP contribution in [0.5, 0.6) is 0 Å². The maximum Gasteiger partial charge on any atom is 0.194 e. The van der Waals surface area contributed by atoms with Gasteiger partial charge in [-0.05, 0) is 49.6 Å². The molecule has 2 aromatic heterocycles. The summed E-state index contributed by atoms with van der Waals surface area (Å²) in [6, 6.07) is 6.70. The second-order valence-corrected chi connectivity index (χ2v) is 6.49. The van der Waals surface area contributed by atoms with Crippen LogP contribution in [0.3, 0.4) is 0 Å². The minimum atomic E-state index is 0.650. The molecule has 0 amide bonds. The first-order valence-corrected chi connectivity index (χ1v) is 8.23. The van der Waals surface area contributed by atoms with Gasteiger partial charge in [-0.1, -0.05) is 19.1 Å². The molecular weight excluding hydrogens is 278 g/mol. The molecule has 0 saturated heterocycles. The van der Waals surface area contributed by atoms with Crippen LogP contribution in [0.15, 0.2) is 24.4 Å². The van der Waals surface area contributed by atoms with E-state index in [4.69, 9.17) is 5.73 Å². The molecule has 0 unspecified atom stereocenters. The summed E-state index contributed by atoms with van der Waals surface area (Å²) in [5, 5.41) is 0. The molecule has 21 heavy (non-hydrogen) atoms. The Hall–Kier alpha value is -1.65. The van der Waals surface area contributed by atoms with Crippen molar-refractivity contribution in [3.8, 4) is 11.3 Å². The summed E-state index contributed by atoms with van der Waals surface area (Å²) < 4.78 is 2.29. The van der Waals surface area contributed by atoms with Crippen molar-refractivity contribution in [1.82, 2.24) is 9.38 Å². The molecule has 2 heterocycles. The van der Waals surface area contributed by atoms with Crippen LogP contribution in [0.25, 0.3) is 16.2 Å². The molecule has 3 rings (SSSR count). The number of hydrogen-bond donors (Lipinski definition) is 1. The lowest BCUT2D eigenvalue weighted by Crippen LogP contribution is -2.05. The zero-order valence-corrected chi connectivity index (χ0v) is 13.6. The number of thiazole rings is 1. The lowest BCUT2D eigenvalue weighted by atomic mass is 10.0. The van der Waals surface area contributed by atoms with Gasteiger partial charge < -0.3 is 5.73 Å². The molecule has 0 aliphatic heterocycles. The van der Waals surface area contributed by atoms with Crippen molar-refractivity contribution in [2.45, 2.75) is 33.6 Å². The van der Waals surface area contributed by atoms with Crippen molar-refractivity contribution in [3.05, 3.63) is 46.1 Å². The van der Waals surface area contributed by atoms with E-state index in [0.717, 1.165) is 17.8 Å². The molecule has 4 heteroatoms. The Morgan fingerprint density at radius 2 is 2.05 bits per heavy atom. The standard InChI is InChI=1S/C17H21N3S/c1-4-15-16(13-6-5-11(2)12(3)9-13)20-14(7-8-18)10-19-17(20)21-15/h5-6,9-10H,4,7-8,18H2,1-3H3. The van der Waals surface area contributed by atoms with Crippen LogP contribution in [0.4, 0.5) is 0 Å². The number of aryl methyl sites for hydroxylation is 3. The van der Waals surface area contributed by atoms with Gasteiger partial charge in [-0.25, -0.2) is 4.98 Å². The van der Waals surface area contributed by atoms with Crippen molar-refractivity contribution in [2.24, 2.45) is 5.73 Å². The number of nitrogens with two attached hydrogens (primary N) is 1. The van der Waals surface area contributed by atoms with Crippen LogP contribution in [-0.2, 0) is 12.8 Å². The third-order valence-electron chi connectivity index (χ3n) is 4.01. The van der Waals surface area contributed by atoms with Gasteiger partial charge in [0.1, 0.15) is 0 Å². The van der Waals surface area contributed by atoms with E-state index in [1.54, 1.807) is 11.3 Å². The highest BCUT2D eigenvalue weighted by Gasteiger charge is 2.17. The Balaban J connectivity index is 2.27. The van der Waals surface area contributed by atoms with Gasteiger partial charge in [0, 0.05) is 17.0 Å². The summed E-state index contributed by atoms with van der Waals surface area (Å²) in [4.78, 5) is 7.02. The minimum absolute atomic E-state index is 0.650. The Morgan fingerprint density at radius 3 is 2.71 bits per heavy atom. The molecule has 0 aliphatic rings. The van der Waals surface area contributed by atoms with Gasteiger partial charge in [0.05, 0.1) is 11.9 Å². The fourth-order valence-electron chi connectivity index (χ4n) is 2.71. The Morgan fingerprint density at radius 1 is 1.24 bits per heavy atom. The van der Waals surface area contributed by atoms with Gasteiger partial charge in [0.25, 0.3) is 0 Å². The first-order valence-electron chi connectivity index (χ1n) is 7.41. The molecule has 0 aliphatic carbocycles. The van der Waals surface area contributed by atoms with Crippen LogP contribution < -0.4 is 5.73 Å². The Kier molecular flexibility index (Phi) is 3.83.